The van der Waals surface area contributed by atoms with Gasteiger partial charge in [0.05, 0.1) is 17.3 Å². The summed E-state index contributed by atoms with van der Waals surface area (Å²) in [6.45, 7) is 0. The van der Waals surface area contributed by atoms with Crippen LogP contribution in [0, 0.1) is 16.0 Å². The molecular weight excluding hydrogens is 414 g/mol. The highest BCUT2D eigenvalue weighted by molar-refractivity contribution is 6.05. The average molecular weight is 437 g/mol. The normalized spacial score (nSPS) is 19.2. The quantitative estimate of drug-likeness (QED) is 0.413. The van der Waals surface area contributed by atoms with Crippen molar-refractivity contribution in [3.63, 3.8) is 0 Å². The summed E-state index contributed by atoms with van der Waals surface area (Å²) in [7, 11) is 0. The number of carbonyl (C=O) groups excluding carboxylic acids is 3. The molecule has 2 aliphatic rings. The Labute approximate surface area is 184 Å². The largest absolute Gasteiger partial charge is 0.458 e. The Kier molecular flexibility index (Phi) is 5.89. The first-order chi connectivity index (χ1) is 15.4. The molecule has 1 saturated carbocycles. The van der Waals surface area contributed by atoms with Gasteiger partial charge in [-0.05, 0) is 56.0 Å². The maximum absolute atomic E-state index is 12.9. The third-order valence-corrected chi connectivity index (χ3v) is 6.07. The Morgan fingerprint density at radius 1 is 1.00 bits per heavy atom. The van der Waals surface area contributed by atoms with E-state index in [0.717, 1.165) is 19.3 Å². The Morgan fingerprint density at radius 3 is 2.41 bits per heavy atom. The number of hydrogen-bond acceptors (Lipinski definition) is 6. The van der Waals surface area contributed by atoms with Crippen LogP contribution in [0.5, 0.6) is 0 Å². The second kappa shape index (κ2) is 8.78. The van der Waals surface area contributed by atoms with Crippen LogP contribution in [-0.4, -0.2) is 28.3 Å². The lowest BCUT2D eigenvalue weighted by atomic mass is 9.75. The number of nitrogens with zero attached hydrogens (tertiary/aromatic N) is 1. The molecule has 9 heteroatoms. The lowest BCUT2D eigenvalue weighted by Gasteiger charge is -2.36. The number of ether oxygens (including phenoxy) is 1. The molecule has 0 radical (unpaired) electrons. The van der Waals surface area contributed by atoms with E-state index >= 15 is 0 Å². The number of nitrogens with one attached hydrogen (secondary N) is 2. The number of carbonyl (C=O) groups is 3. The zero-order chi connectivity index (χ0) is 22.7. The van der Waals surface area contributed by atoms with E-state index < -0.39 is 22.3 Å². The van der Waals surface area contributed by atoms with Crippen LogP contribution in [-0.2, 0) is 14.3 Å². The highest BCUT2D eigenvalue weighted by atomic mass is 16.6. The molecule has 32 heavy (non-hydrogen) atoms. The maximum atomic E-state index is 12.9. The van der Waals surface area contributed by atoms with Gasteiger partial charge in [-0.1, -0.05) is 12.5 Å². The molecule has 2 aromatic rings. The Morgan fingerprint density at radius 2 is 1.72 bits per heavy atom. The van der Waals surface area contributed by atoms with Gasteiger partial charge >= 0.3 is 5.97 Å². The average Bonchev–Trinajstić information content (AvgIpc) is 3.10. The molecule has 1 spiro atoms. The van der Waals surface area contributed by atoms with Crippen LogP contribution in [0.25, 0.3) is 0 Å². The van der Waals surface area contributed by atoms with Crippen LogP contribution in [0.4, 0.5) is 17.1 Å². The fraction of sp³-hybridized carbons (Fsp3) is 0.348. The summed E-state index contributed by atoms with van der Waals surface area (Å²) in [6.07, 6.45) is 4.43. The first kappa shape index (κ1) is 21.5. The van der Waals surface area contributed by atoms with Crippen LogP contribution in [0.1, 0.15) is 48.9 Å². The molecule has 166 valence electrons. The van der Waals surface area contributed by atoms with E-state index in [1.165, 1.54) is 18.2 Å². The number of hydrogen-bond donors (Lipinski definition) is 2. The highest BCUT2D eigenvalue weighted by Crippen LogP contribution is 2.44. The first-order valence-corrected chi connectivity index (χ1v) is 10.5. The third kappa shape index (κ3) is 4.46. The monoisotopic (exact) mass is 437 g/mol. The number of anilines is 2. The van der Waals surface area contributed by atoms with Crippen molar-refractivity contribution in [3.8, 4) is 0 Å². The van der Waals surface area contributed by atoms with Crippen molar-refractivity contribution in [1.82, 2.24) is 0 Å². The summed E-state index contributed by atoms with van der Waals surface area (Å²) in [6, 6.07) is 12.0. The van der Waals surface area contributed by atoms with E-state index in [1.807, 2.05) is 0 Å². The lowest BCUT2D eigenvalue weighted by Crippen LogP contribution is -2.43. The molecule has 1 aliphatic carbocycles. The summed E-state index contributed by atoms with van der Waals surface area (Å²) in [5, 5.41) is 16.3. The summed E-state index contributed by atoms with van der Waals surface area (Å²) >= 11 is 0. The molecule has 2 fully saturated rings. The van der Waals surface area contributed by atoms with E-state index in [-0.39, 0.29) is 24.0 Å². The van der Waals surface area contributed by atoms with Gasteiger partial charge in [0.15, 0.2) is 0 Å². The van der Waals surface area contributed by atoms with Crippen molar-refractivity contribution < 1.29 is 24.0 Å². The smallest absolute Gasteiger partial charge is 0.307 e. The van der Waals surface area contributed by atoms with Crippen LogP contribution >= 0.6 is 0 Å². The van der Waals surface area contributed by atoms with E-state index in [4.69, 9.17) is 4.74 Å². The van der Waals surface area contributed by atoms with Crippen LogP contribution < -0.4 is 10.6 Å². The molecule has 0 unspecified atom stereocenters. The highest BCUT2D eigenvalue weighted by Gasteiger charge is 2.52. The number of esters is 1. The lowest BCUT2D eigenvalue weighted by molar-refractivity contribution is -0.384. The summed E-state index contributed by atoms with van der Waals surface area (Å²) in [5.41, 5.74) is 0.332. The predicted molar refractivity (Wildman–Crippen MR) is 116 cm³/mol. The van der Waals surface area contributed by atoms with Crippen molar-refractivity contribution in [2.24, 2.45) is 5.92 Å². The standard InChI is InChI=1S/C23H23N3O6/c27-20-14-19(23(32-20)11-2-1-3-12-23)22(29)24-16-9-7-15(8-10-16)21(28)25-17-5-4-6-18(13-17)26(30)31/h4-10,13,19H,1-3,11-12,14H2,(H,24,29)(H,25,28)/t19-/m1/s1. The zero-order valence-corrected chi connectivity index (χ0v) is 17.3. The van der Waals surface area contributed by atoms with Crippen LogP contribution in [0.3, 0.4) is 0 Å². The second-order valence-corrected chi connectivity index (χ2v) is 8.18. The first-order valence-electron chi connectivity index (χ1n) is 10.5. The molecule has 0 bridgehead atoms. The Balaban J connectivity index is 1.41. The van der Waals surface area contributed by atoms with Gasteiger partial charge in [-0.25, -0.2) is 0 Å². The van der Waals surface area contributed by atoms with Gasteiger partial charge in [0.25, 0.3) is 11.6 Å². The van der Waals surface area contributed by atoms with Crippen LogP contribution in [0.2, 0.25) is 0 Å². The number of non-ortho nitro benzene ring substituents is 1. The summed E-state index contributed by atoms with van der Waals surface area (Å²) in [4.78, 5) is 47.6. The molecule has 4 rings (SSSR count). The molecule has 2 amide bonds. The predicted octanol–water partition coefficient (Wildman–Crippen LogP) is 4.05. The Bertz CT molecular complexity index is 1060. The summed E-state index contributed by atoms with van der Waals surface area (Å²) < 4.78 is 5.60. The van der Waals surface area contributed by atoms with Crippen molar-refractivity contribution >= 4 is 34.8 Å². The molecule has 0 aromatic heterocycles. The Hall–Kier alpha value is -3.75. The molecule has 2 aromatic carbocycles. The molecule has 2 N–H and O–H groups in total. The number of rotatable bonds is 5. The second-order valence-electron chi connectivity index (χ2n) is 8.18. The van der Waals surface area contributed by atoms with Gasteiger partial charge in [0.2, 0.25) is 5.91 Å². The minimum absolute atomic E-state index is 0.0789. The molecule has 1 atom stereocenters. The molecule has 1 aliphatic heterocycles. The van der Waals surface area contributed by atoms with Gasteiger partial charge in [-0.15, -0.1) is 0 Å². The van der Waals surface area contributed by atoms with Gasteiger partial charge in [0, 0.05) is 29.1 Å². The van der Waals surface area contributed by atoms with Crippen LogP contribution in [0.15, 0.2) is 48.5 Å². The number of nitro groups is 1. The van der Waals surface area contributed by atoms with Gasteiger partial charge in [0.1, 0.15) is 5.60 Å². The third-order valence-electron chi connectivity index (χ3n) is 6.07. The fourth-order valence-corrected chi connectivity index (χ4v) is 4.46. The van der Waals surface area contributed by atoms with E-state index in [0.29, 0.717) is 29.8 Å². The van der Waals surface area contributed by atoms with Gasteiger partial charge in [-0.3, -0.25) is 24.5 Å². The molecule has 1 heterocycles. The van der Waals surface area contributed by atoms with Crippen molar-refractivity contribution in [2.45, 2.75) is 44.1 Å². The van der Waals surface area contributed by atoms with Gasteiger partial charge in [-0.2, -0.15) is 0 Å². The summed E-state index contributed by atoms with van der Waals surface area (Å²) in [5.74, 6) is -1.54. The van der Waals surface area contributed by atoms with E-state index in [1.54, 1.807) is 30.3 Å². The minimum atomic E-state index is -0.697. The zero-order valence-electron chi connectivity index (χ0n) is 17.3. The van der Waals surface area contributed by atoms with E-state index in [2.05, 4.69) is 10.6 Å². The minimum Gasteiger partial charge on any atom is -0.458 e. The number of nitro benzene ring substituents is 1. The van der Waals surface area contributed by atoms with E-state index in [9.17, 15) is 24.5 Å². The number of benzene rings is 2. The fourth-order valence-electron chi connectivity index (χ4n) is 4.46. The molecule has 9 nitrogen and oxygen atoms in total. The van der Waals surface area contributed by atoms with Gasteiger partial charge < -0.3 is 15.4 Å². The maximum Gasteiger partial charge on any atom is 0.307 e. The van der Waals surface area contributed by atoms with Crippen molar-refractivity contribution in [1.29, 1.82) is 0 Å². The molecule has 1 saturated heterocycles. The number of amides is 2. The van der Waals surface area contributed by atoms with Crippen molar-refractivity contribution in [2.75, 3.05) is 10.6 Å². The van der Waals surface area contributed by atoms with Crippen molar-refractivity contribution in [3.05, 3.63) is 64.2 Å². The topological polar surface area (TPSA) is 128 Å². The molecular formula is C23H23N3O6. The SMILES string of the molecule is O=C1C[C@H](C(=O)Nc2ccc(C(=O)Nc3cccc([N+](=O)[O-])c3)cc2)C2(CCCCC2)O1.